The molecule has 2 heteroatoms. The quantitative estimate of drug-likeness (QED) is 0.773. The molecule has 0 bridgehead atoms. The standard InChI is InChI=1S/C11H17NO/c1-7-5-10(7)11-4-3-9(13-11)6-8(2)12/h3-4,7-8,10H,5-6,12H2,1-2H3/t7?,8-,10?/m1/s1. The van der Waals surface area contributed by atoms with Crippen LogP contribution in [0.2, 0.25) is 0 Å². The van der Waals surface area contributed by atoms with Crippen LogP contribution in [-0.4, -0.2) is 6.04 Å². The summed E-state index contributed by atoms with van der Waals surface area (Å²) >= 11 is 0. The SMILES string of the molecule is CC1CC1c1ccc(C[C@@H](C)N)o1. The molecule has 13 heavy (non-hydrogen) atoms. The zero-order chi connectivity index (χ0) is 9.42. The van der Waals surface area contributed by atoms with E-state index < -0.39 is 0 Å². The summed E-state index contributed by atoms with van der Waals surface area (Å²) in [5.41, 5.74) is 5.69. The van der Waals surface area contributed by atoms with Crippen LogP contribution in [0.15, 0.2) is 16.5 Å². The van der Waals surface area contributed by atoms with E-state index in [1.54, 1.807) is 0 Å². The number of rotatable bonds is 3. The van der Waals surface area contributed by atoms with Crippen molar-refractivity contribution in [1.82, 2.24) is 0 Å². The molecule has 0 aromatic carbocycles. The van der Waals surface area contributed by atoms with E-state index >= 15 is 0 Å². The number of nitrogens with two attached hydrogens (primary N) is 1. The lowest BCUT2D eigenvalue weighted by Gasteiger charge is -2.00. The van der Waals surface area contributed by atoms with E-state index in [-0.39, 0.29) is 6.04 Å². The summed E-state index contributed by atoms with van der Waals surface area (Å²) in [6, 6.07) is 4.35. The normalized spacial score (nSPS) is 28.8. The Bertz CT molecular complexity index is 290. The summed E-state index contributed by atoms with van der Waals surface area (Å²) in [7, 11) is 0. The number of hydrogen-bond acceptors (Lipinski definition) is 2. The van der Waals surface area contributed by atoms with Gasteiger partial charge in [-0.15, -0.1) is 0 Å². The van der Waals surface area contributed by atoms with Crippen molar-refractivity contribution in [2.75, 3.05) is 0 Å². The van der Waals surface area contributed by atoms with E-state index in [1.165, 1.54) is 6.42 Å². The second kappa shape index (κ2) is 3.18. The van der Waals surface area contributed by atoms with Crippen molar-refractivity contribution in [2.45, 2.75) is 38.6 Å². The van der Waals surface area contributed by atoms with Crippen LogP contribution < -0.4 is 5.73 Å². The zero-order valence-corrected chi connectivity index (χ0v) is 8.29. The molecule has 2 unspecified atom stereocenters. The van der Waals surface area contributed by atoms with Crippen LogP contribution in [0, 0.1) is 5.92 Å². The first-order valence-electron chi connectivity index (χ1n) is 5.01. The van der Waals surface area contributed by atoms with Crippen molar-refractivity contribution in [2.24, 2.45) is 11.7 Å². The average molecular weight is 179 g/mol. The summed E-state index contributed by atoms with van der Waals surface area (Å²) < 4.78 is 5.71. The molecular weight excluding hydrogens is 162 g/mol. The Labute approximate surface area is 79.1 Å². The monoisotopic (exact) mass is 179 g/mol. The van der Waals surface area contributed by atoms with Gasteiger partial charge in [-0.05, 0) is 31.4 Å². The average Bonchev–Trinajstić information content (AvgIpc) is 2.60. The Hall–Kier alpha value is -0.760. The van der Waals surface area contributed by atoms with Gasteiger partial charge >= 0.3 is 0 Å². The van der Waals surface area contributed by atoms with Crippen LogP contribution in [0.3, 0.4) is 0 Å². The Morgan fingerprint density at radius 3 is 2.85 bits per heavy atom. The van der Waals surface area contributed by atoms with Crippen molar-refractivity contribution in [3.63, 3.8) is 0 Å². The molecule has 1 aromatic heterocycles. The Morgan fingerprint density at radius 1 is 1.62 bits per heavy atom. The van der Waals surface area contributed by atoms with E-state index in [0.29, 0.717) is 5.92 Å². The fraction of sp³-hybridized carbons (Fsp3) is 0.636. The third kappa shape index (κ3) is 1.94. The Kier molecular flexibility index (Phi) is 2.16. The lowest BCUT2D eigenvalue weighted by Crippen LogP contribution is -2.17. The maximum absolute atomic E-state index is 5.71. The summed E-state index contributed by atoms with van der Waals surface area (Å²) in [5.74, 6) is 3.68. The van der Waals surface area contributed by atoms with Gasteiger partial charge in [0.1, 0.15) is 11.5 Å². The summed E-state index contributed by atoms with van der Waals surface area (Å²) in [6.45, 7) is 4.26. The minimum absolute atomic E-state index is 0.190. The molecule has 3 atom stereocenters. The first kappa shape index (κ1) is 8.82. The van der Waals surface area contributed by atoms with Gasteiger partial charge in [-0.2, -0.15) is 0 Å². The van der Waals surface area contributed by atoms with E-state index in [0.717, 1.165) is 23.9 Å². The van der Waals surface area contributed by atoms with Crippen LogP contribution in [0.5, 0.6) is 0 Å². The van der Waals surface area contributed by atoms with Crippen molar-refractivity contribution in [1.29, 1.82) is 0 Å². The van der Waals surface area contributed by atoms with Crippen molar-refractivity contribution < 1.29 is 4.42 Å². The van der Waals surface area contributed by atoms with Gasteiger partial charge in [-0.25, -0.2) is 0 Å². The second-order valence-electron chi connectivity index (χ2n) is 4.30. The second-order valence-corrected chi connectivity index (χ2v) is 4.30. The first-order chi connectivity index (χ1) is 6.16. The lowest BCUT2D eigenvalue weighted by atomic mass is 10.2. The number of hydrogen-bond donors (Lipinski definition) is 1. The highest BCUT2D eigenvalue weighted by Gasteiger charge is 2.36. The molecule has 1 fully saturated rings. The van der Waals surface area contributed by atoms with Crippen molar-refractivity contribution in [3.8, 4) is 0 Å². The summed E-state index contributed by atoms with van der Waals surface area (Å²) in [4.78, 5) is 0. The van der Waals surface area contributed by atoms with Crippen molar-refractivity contribution >= 4 is 0 Å². The highest BCUT2D eigenvalue weighted by molar-refractivity contribution is 5.17. The van der Waals surface area contributed by atoms with Crippen LogP contribution >= 0.6 is 0 Å². The third-order valence-electron chi connectivity index (χ3n) is 2.68. The molecule has 1 saturated carbocycles. The van der Waals surface area contributed by atoms with E-state index in [9.17, 15) is 0 Å². The molecule has 1 aliphatic carbocycles. The van der Waals surface area contributed by atoms with Gasteiger partial charge in [-0.1, -0.05) is 6.92 Å². The molecule has 0 amide bonds. The summed E-state index contributed by atoms with van der Waals surface area (Å²) in [6.07, 6.45) is 2.13. The van der Waals surface area contributed by atoms with Crippen molar-refractivity contribution in [3.05, 3.63) is 23.7 Å². The molecule has 72 valence electrons. The van der Waals surface area contributed by atoms with E-state index in [2.05, 4.69) is 19.1 Å². The predicted octanol–water partition coefficient (Wildman–Crippen LogP) is 2.29. The van der Waals surface area contributed by atoms with Gasteiger partial charge in [0.05, 0.1) is 0 Å². The predicted molar refractivity (Wildman–Crippen MR) is 52.6 cm³/mol. The molecule has 2 N–H and O–H groups in total. The highest BCUT2D eigenvalue weighted by atomic mass is 16.3. The maximum atomic E-state index is 5.71. The van der Waals surface area contributed by atoms with Crippen LogP contribution in [0.1, 0.15) is 37.7 Å². The smallest absolute Gasteiger partial charge is 0.107 e. The lowest BCUT2D eigenvalue weighted by molar-refractivity contribution is 0.450. The largest absolute Gasteiger partial charge is 0.466 e. The van der Waals surface area contributed by atoms with Crippen LogP contribution in [0.4, 0.5) is 0 Å². The fourth-order valence-electron chi connectivity index (χ4n) is 1.74. The molecule has 1 heterocycles. The Balaban J connectivity index is 2.01. The minimum Gasteiger partial charge on any atom is -0.466 e. The van der Waals surface area contributed by atoms with Gasteiger partial charge in [0.15, 0.2) is 0 Å². The number of furan rings is 1. The topological polar surface area (TPSA) is 39.2 Å². The highest BCUT2D eigenvalue weighted by Crippen LogP contribution is 2.47. The van der Waals surface area contributed by atoms with Crippen LogP contribution in [-0.2, 0) is 6.42 Å². The molecule has 0 spiro atoms. The minimum atomic E-state index is 0.190. The third-order valence-corrected chi connectivity index (χ3v) is 2.68. The molecule has 2 nitrogen and oxygen atoms in total. The van der Waals surface area contributed by atoms with Crippen LogP contribution in [0.25, 0.3) is 0 Å². The maximum Gasteiger partial charge on any atom is 0.107 e. The van der Waals surface area contributed by atoms with Gasteiger partial charge in [0, 0.05) is 18.4 Å². The fourth-order valence-corrected chi connectivity index (χ4v) is 1.74. The summed E-state index contributed by atoms with van der Waals surface area (Å²) in [5, 5.41) is 0. The molecular formula is C11H17NO. The zero-order valence-electron chi connectivity index (χ0n) is 8.29. The molecule has 0 radical (unpaired) electrons. The van der Waals surface area contributed by atoms with E-state index in [4.69, 9.17) is 10.2 Å². The molecule has 0 saturated heterocycles. The Morgan fingerprint density at radius 2 is 2.31 bits per heavy atom. The molecule has 1 aromatic rings. The van der Waals surface area contributed by atoms with Gasteiger partial charge in [0.25, 0.3) is 0 Å². The van der Waals surface area contributed by atoms with Gasteiger partial charge in [0.2, 0.25) is 0 Å². The van der Waals surface area contributed by atoms with Gasteiger partial charge in [-0.3, -0.25) is 0 Å². The first-order valence-corrected chi connectivity index (χ1v) is 5.01. The molecule has 0 aliphatic heterocycles. The molecule has 2 rings (SSSR count). The van der Waals surface area contributed by atoms with E-state index in [1.807, 2.05) is 6.92 Å². The molecule has 1 aliphatic rings. The van der Waals surface area contributed by atoms with Gasteiger partial charge < -0.3 is 10.2 Å².